The fourth-order valence-electron chi connectivity index (χ4n) is 1.83. The molecule has 6 nitrogen and oxygen atoms in total. The summed E-state index contributed by atoms with van der Waals surface area (Å²) in [5.74, 6) is 1.08. The Kier molecular flexibility index (Phi) is 5.46. The van der Waals surface area contributed by atoms with E-state index in [2.05, 4.69) is 29.4 Å². The molecule has 2 rings (SSSR count). The van der Waals surface area contributed by atoms with Crippen LogP contribution in [0.5, 0.6) is 0 Å². The summed E-state index contributed by atoms with van der Waals surface area (Å²) in [5, 5.41) is 12.6. The zero-order valence-electron chi connectivity index (χ0n) is 12.5. The van der Waals surface area contributed by atoms with E-state index in [4.69, 9.17) is 4.74 Å². The van der Waals surface area contributed by atoms with Crippen LogP contribution in [0.15, 0.2) is 17.8 Å². The molecule has 0 fully saturated rings. The molecule has 0 aromatic carbocycles. The monoisotopic (exact) mass is 308 g/mol. The van der Waals surface area contributed by atoms with Crippen LogP contribution >= 0.6 is 11.3 Å². The van der Waals surface area contributed by atoms with Crippen molar-refractivity contribution in [1.29, 1.82) is 0 Å². The predicted octanol–water partition coefficient (Wildman–Crippen LogP) is 2.04. The molecule has 0 radical (unpaired) electrons. The Balaban J connectivity index is 1.93. The molecule has 0 aliphatic rings. The molecule has 1 N–H and O–H groups in total. The largest absolute Gasteiger partial charge is 0.383 e. The van der Waals surface area contributed by atoms with Crippen molar-refractivity contribution in [2.45, 2.75) is 32.9 Å². The van der Waals surface area contributed by atoms with E-state index in [0.29, 0.717) is 31.2 Å². The van der Waals surface area contributed by atoms with Crippen LogP contribution in [0.1, 0.15) is 40.8 Å². The van der Waals surface area contributed by atoms with Gasteiger partial charge in [0.05, 0.1) is 18.7 Å². The third-order valence-electron chi connectivity index (χ3n) is 3.09. The Hall–Kier alpha value is -1.73. The first kappa shape index (κ1) is 15.7. The third-order valence-corrected chi connectivity index (χ3v) is 4.32. The first-order valence-corrected chi connectivity index (χ1v) is 7.72. The van der Waals surface area contributed by atoms with Crippen molar-refractivity contribution >= 4 is 17.2 Å². The van der Waals surface area contributed by atoms with Crippen LogP contribution in [0.3, 0.4) is 0 Å². The van der Waals surface area contributed by atoms with E-state index < -0.39 is 0 Å². The van der Waals surface area contributed by atoms with Crippen molar-refractivity contribution in [2.75, 3.05) is 13.7 Å². The number of nitrogens with zero attached hydrogens (tertiary/aromatic N) is 3. The molecule has 1 amide bonds. The van der Waals surface area contributed by atoms with Crippen LogP contribution in [0.25, 0.3) is 0 Å². The number of hydrogen-bond acceptors (Lipinski definition) is 5. The maximum atomic E-state index is 12.1. The van der Waals surface area contributed by atoms with E-state index in [0.717, 1.165) is 5.82 Å². The van der Waals surface area contributed by atoms with Crippen molar-refractivity contribution in [2.24, 2.45) is 0 Å². The lowest BCUT2D eigenvalue weighted by Gasteiger charge is -2.06. The molecule has 0 spiro atoms. The lowest BCUT2D eigenvalue weighted by molar-refractivity contribution is 0.0949. The minimum atomic E-state index is -0.0839. The van der Waals surface area contributed by atoms with E-state index in [1.165, 1.54) is 4.88 Å². The number of hydrogen-bond donors (Lipinski definition) is 1. The first-order valence-electron chi connectivity index (χ1n) is 6.84. The van der Waals surface area contributed by atoms with E-state index in [1.54, 1.807) is 24.8 Å². The summed E-state index contributed by atoms with van der Waals surface area (Å²) in [5.41, 5.74) is 0.701. The minimum Gasteiger partial charge on any atom is -0.383 e. The highest BCUT2D eigenvalue weighted by Crippen LogP contribution is 2.22. The summed E-state index contributed by atoms with van der Waals surface area (Å²) in [6.45, 7) is 5.85. The Bertz CT molecular complexity index is 591. The van der Waals surface area contributed by atoms with Gasteiger partial charge in [0, 0.05) is 23.9 Å². The van der Waals surface area contributed by atoms with Crippen molar-refractivity contribution in [3.05, 3.63) is 34.0 Å². The average molecular weight is 308 g/mol. The zero-order chi connectivity index (χ0) is 15.2. The second kappa shape index (κ2) is 7.33. The fraction of sp³-hybridized carbons (Fsp3) is 0.500. The second-order valence-corrected chi connectivity index (χ2v) is 5.95. The third kappa shape index (κ3) is 4.12. The summed E-state index contributed by atoms with van der Waals surface area (Å²) in [4.78, 5) is 13.3. The number of nitrogens with one attached hydrogen (secondary N) is 1. The molecule has 0 aliphatic heterocycles. The lowest BCUT2D eigenvalue weighted by Crippen LogP contribution is -2.24. The SMILES string of the molecule is COCCn1cnnc1CNC(=O)c1csc(C(C)C)c1. The summed E-state index contributed by atoms with van der Waals surface area (Å²) in [6.07, 6.45) is 1.64. The maximum absolute atomic E-state index is 12.1. The number of carbonyl (C=O) groups excluding carboxylic acids is 1. The molecule has 21 heavy (non-hydrogen) atoms. The number of thiophene rings is 1. The van der Waals surface area contributed by atoms with E-state index in [9.17, 15) is 4.79 Å². The molecule has 7 heteroatoms. The van der Waals surface area contributed by atoms with Gasteiger partial charge in [0.2, 0.25) is 0 Å². The van der Waals surface area contributed by atoms with Gasteiger partial charge in [0.25, 0.3) is 5.91 Å². The minimum absolute atomic E-state index is 0.0839. The summed E-state index contributed by atoms with van der Waals surface area (Å²) < 4.78 is 6.90. The topological polar surface area (TPSA) is 69.0 Å². The van der Waals surface area contributed by atoms with Crippen LogP contribution in [0, 0.1) is 0 Å². The Morgan fingerprint density at radius 3 is 3.00 bits per heavy atom. The number of rotatable bonds is 7. The molecular weight excluding hydrogens is 288 g/mol. The molecule has 2 heterocycles. The van der Waals surface area contributed by atoms with Gasteiger partial charge in [-0.3, -0.25) is 4.79 Å². The van der Waals surface area contributed by atoms with Gasteiger partial charge in [0.1, 0.15) is 6.33 Å². The average Bonchev–Trinajstić information content (AvgIpc) is 3.11. The number of ether oxygens (including phenoxy) is 1. The van der Waals surface area contributed by atoms with E-state index >= 15 is 0 Å². The summed E-state index contributed by atoms with van der Waals surface area (Å²) >= 11 is 1.61. The van der Waals surface area contributed by atoms with Crippen LogP contribution in [-0.4, -0.2) is 34.4 Å². The highest BCUT2D eigenvalue weighted by atomic mass is 32.1. The number of amides is 1. The van der Waals surface area contributed by atoms with Gasteiger partial charge in [-0.05, 0) is 12.0 Å². The quantitative estimate of drug-likeness (QED) is 0.850. The van der Waals surface area contributed by atoms with E-state index in [-0.39, 0.29) is 5.91 Å². The Morgan fingerprint density at radius 2 is 2.33 bits per heavy atom. The Labute approximate surface area is 128 Å². The van der Waals surface area contributed by atoms with Crippen LogP contribution in [0.4, 0.5) is 0 Å². The molecule has 2 aromatic rings. The number of carbonyl (C=O) groups is 1. The number of methoxy groups -OCH3 is 1. The van der Waals surface area contributed by atoms with Gasteiger partial charge in [0.15, 0.2) is 5.82 Å². The molecule has 0 saturated heterocycles. The van der Waals surface area contributed by atoms with Gasteiger partial charge < -0.3 is 14.6 Å². The van der Waals surface area contributed by atoms with Crippen molar-refractivity contribution in [1.82, 2.24) is 20.1 Å². The molecule has 0 saturated carbocycles. The molecule has 2 aromatic heterocycles. The maximum Gasteiger partial charge on any atom is 0.252 e. The molecule has 0 atom stereocenters. The van der Waals surface area contributed by atoms with Gasteiger partial charge >= 0.3 is 0 Å². The van der Waals surface area contributed by atoms with Crippen molar-refractivity contribution < 1.29 is 9.53 Å². The highest BCUT2D eigenvalue weighted by molar-refractivity contribution is 7.10. The molecule has 114 valence electrons. The van der Waals surface area contributed by atoms with Crippen molar-refractivity contribution in [3.63, 3.8) is 0 Å². The predicted molar refractivity (Wildman–Crippen MR) is 81.5 cm³/mol. The summed E-state index contributed by atoms with van der Waals surface area (Å²) in [6, 6.07) is 1.94. The van der Waals surface area contributed by atoms with Gasteiger partial charge in [-0.1, -0.05) is 13.8 Å². The van der Waals surface area contributed by atoms with Crippen LogP contribution < -0.4 is 5.32 Å². The molecule has 0 aliphatic carbocycles. The van der Waals surface area contributed by atoms with Gasteiger partial charge in [-0.25, -0.2) is 0 Å². The van der Waals surface area contributed by atoms with E-state index in [1.807, 2.05) is 16.0 Å². The normalized spacial score (nSPS) is 11.0. The molecular formula is C14H20N4O2S. The summed E-state index contributed by atoms with van der Waals surface area (Å²) in [7, 11) is 1.65. The highest BCUT2D eigenvalue weighted by Gasteiger charge is 2.12. The Morgan fingerprint density at radius 1 is 1.52 bits per heavy atom. The fourth-order valence-corrected chi connectivity index (χ4v) is 2.73. The molecule has 0 bridgehead atoms. The standard InChI is InChI=1S/C14H20N4O2S/c1-10(2)12-6-11(8-21-12)14(19)15-7-13-17-16-9-18(13)4-5-20-3/h6,8-10H,4-5,7H2,1-3H3,(H,15,19). The second-order valence-electron chi connectivity index (χ2n) is 5.01. The molecule has 0 unspecified atom stereocenters. The first-order chi connectivity index (χ1) is 10.1. The van der Waals surface area contributed by atoms with Gasteiger partial charge in [-0.2, -0.15) is 0 Å². The van der Waals surface area contributed by atoms with Crippen LogP contribution in [0.2, 0.25) is 0 Å². The number of aromatic nitrogens is 3. The zero-order valence-corrected chi connectivity index (χ0v) is 13.3. The smallest absolute Gasteiger partial charge is 0.252 e. The van der Waals surface area contributed by atoms with Crippen molar-refractivity contribution in [3.8, 4) is 0 Å². The van der Waals surface area contributed by atoms with Gasteiger partial charge in [-0.15, -0.1) is 21.5 Å². The lowest BCUT2D eigenvalue weighted by atomic mass is 10.1. The van der Waals surface area contributed by atoms with Crippen LogP contribution in [-0.2, 0) is 17.8 Å².